The third-order valence-electron chi connectivity index (χ3n) is 4.40. The van der Waals surface area contributed by atoms with Gasteiger partial charge in [-0.2, -0.15) is 0 Å². The highest BCUT2D eigenvalue weighted by Crippen LogP contribution is 2.30. The minimum Gasteiger partial charge on any atom is -0.481 e. The Kier molecular flexibility index (Phi) is 5.75. The quantitative estimate of drug-likeness (QED) is 0.703. The van der Waals surface area contributed by atoms with Gasteiger partial charge in [0.25, 0.3) is 0 Å². The third-order valence-corrected chi connectivity index (χ3v) is 6.10. The number of hydrogen-bond donors (Lipinski definition) is 2. The largest absolute Gasteiger partial charge is 0.481 e. The number of nitrogens with zero attached hydrogens (tertiary/aromatic N) is 1. The van der Waals surface area contributed by atoms with Gasteiger partial charge in [-0.3, -0.25) is 9.59 Å². The van der Waals surface area contributed by atoms with E-state index in [9.17, 15) is 18.0 Å². The number of carbonyl (C=O) groups excluding carboxylic acids is 1. The molecule has 0 bridgehead atoms. The average Bonchev–Trinajstić information content (AvgIpc) is 2.39. The summed E-state index contributed by atoms with van der Waals surface area (Å²) in [6.07, 6.45) is 0.725. The van der Waals surface area contributed by atoms with Crippen LogP contribution in [0.5, 0.6) is 0 Å². The standard InChI is InChI=1S/C13H24N2O5S/c1-3-13(4-2,9-14)12(18)15-5-6-21(19,20)8-10(15)7-11(16)17/h10H,3-9,14H2,1-2H3,(H,16,17). The number of aliphatic carboxylic acids is 1. The van der Waals surface area contributed by atoms with Gasteiger partial charge in [-0.15, -0.1) is 0 Å². The van der Waals surface area contributed by atoms with Gasteiger partial charge in [0.1, 0.15) is 0 Å². The molecule has 0 aromatic heterocycles. The van der Waals surface area contributed by atoms with Crippen LogP contribution in [0, 0.1) is 5.41 Å². The normalized spacial score (nSPS) is 22.0. The number of carboxylic acids is 1. The maximum Gasteiger partial charge on any atom is 0.305 e. The van der Waals surface area contributed by atoms with Crippen LogP contribution in [0.15, 0.2) is 0 Å². The van der Waals surface area contributed by atoms with Crippen LogP contribution in [0.4, 0.5) is 0 Å². The van der Waals surface area contributed by atoms with Crippen LogP contribution in [0.3, 0.4) is 0 Å². The zero-order valence-corrected chi connectivity index (χ0v) is 13.4. The van der Waals surface area contributed by atoms with Crippen molar-refractivity contribution >= 4 is 21.7 Å². The van der Waals surface area contributed by atoms with Crippen molar-refractivity contribution < 1.29 is 23.1 Å². The second kappa shape index (κ2) is 6.74. The van der Waals surface area contributed by atoms with E-state index >= 15 is 0 Å². The number of amides is 1. The summed E-state index contributed by atoms with van der Waals surface area (Å²) in [6, 6.07) is -0.808. The summed E-state index contributed by atoms with van der Waals surface area (Å²) in [4.78, 5) is 25.1. The summed E-state index contributed by atoms with van der Waals surface area (Å²) >= 11 is 0. The third kappa shape index (κ3) is 3.94. The lowest BCUT2D eigenvalue weighted by molar-refractivity contribution is -0.146. The van der Waals surface area contributed by atoms with Gasteiger partial charge in [-0.05, 0) is 12.8 Å². The first-order chi connectivity index (χ1) is 9.71. The minimum absolute atomic E-state index is 0.0425. The highest BCUT2D eigenvalue weighted by molar-refractivity contribution is 7.91. The number of rotatable bonds is 6. The zero-order chi connectivity index (χ0) is 16.3. The molecule has 3 N–H and O–H groups in total. The van der Waals surface area contributed by atoms with Crippen LogP contribution in [0.25, 0.3) is 0 Å². The van der Waals surface area contributed by atoms with Crippen molar-refractivity contribution in [2.45, 2.75) is 39.2 Å². The molecule has 1 atom stereocenters. The first-order valence-electron chi connectivity index (χ1n) is 7.14. The molecular weight excluding hydrogens is 296 g/mol. The Labute approximate surface area is 125 Å². The molecule has 0 saturated carbocycles. The van der Waals surface area contributed by atoms with Crippen LogP contribution < -0.4 is 5.73 Å². The van der Waals surface area contributed by atoms with Crippen molar-refractivity contribution in [2.75, 3.05) is 24.6 Å². The van der Waals surface area contributed by atoms with E-state index in [-0.39, 0.29) is 36.9 Å². The van der Waals surface area contributed by atoms with E-state index in [1.54, 1.807) is 0 Å². The fourth-order valence-corrected chi connectivity index (χ4v) is 4.28. The van der Waals surface area contributed by atoms with Gasteiger partial charge in [0.05, 0.1) is 29.4 Å². The van der Waals surface area contributed by atoms with Crippen LogP contribution in [0.1, 0.15) is 33.1 Å². The van der Waals surface area contributed by atoms with E-state index in [4.69, 9.17) is 10.8 Å². The zero-order valence-electron chi connectivity index (χ0n) is 12.5. The second-order valence-corrected chi connectivity index (χ2v) is 7.78. The molecule has 1 rings (SSSR count). The molecule has 7 nitrogen and oxygen atoms in total. The van der Waals surface area contributed by atoms with E-state index in [0.717, 1.165) is 0 Å². The molecule has 0 aliphatic carbocycles. The van der Waals surface area contributed by atoms with E-state index < -0.39 is 27.3 Å². The SMILES string of the molecule is CCC(CC)(CN)C(=O)N1CCS(=O)(=O)CC1CC(=O)O. The van der Waals surface area contributed by atoms with Gasteiger partial charge in [0.2, 0.25) is 5.91 Å². The van der Waals surface area contributed by atoms with Gasteiger partial charge in [0, 0.05) is 13.1 Å². The Balaban J connectivity index is 3.07. The van der Waals surface area contributed by atoms with E-state index in [0.29, 0.717) is 12.8 Å². The average molecular weight is 320 g/mol. The van der Waals surface area contributed by atoms with Gasteiger partial charge in [0.15, 0.2) is 9.84 Å². The highest BCUT2D eigenvalue weighted by atomic mass is 32.2. The summed E-state index contributed by atoms with van der Waals surface area (Å²) in [5, 5.41) is 8.95. The molecule has 122 valence electrons. The van der Waals surface area contributed by atoms with Crippen LogP contribution in [-0.4, -0.2) is 60.9 Å². The smallest absolute Gasteiger partial charge is 0.305 e. The van der Waals surface area contributed by atoms with Crippen LogP contribution >= 0.6 is 0 Å². The van der Waals surface area contributed by atoms with Gasteiger partial charge in [-0.1, -0.05) is 13.8 Å². The monoisotopic (exact) mass is 320 g/mol. The van der Waals surface area contributed by atoms with Crippen molar-refractivity contribution in [2.24, 2.45) is 11.1 Å². The molecule has 1 amide bonds. The molecule has 21 heavy (non-hydrogen) atoms. The summed E-state index contributed by atoms with van der Waals surface area (Å²) < 4.78 is 23.4. The Bertz CT molecular complexity index is 490. The van der Waals surface area contributed by atoms with Crippen LogP contribution in [-0.2, 0) is 19.4 Å². The molecule has 1 aliphatic heterocycles. The van der Waals surface area contributed by atoms with E-state index in [1.165, 1.54) is 4.90 Å². The predicted octanol–water partition coefficient (Wildman–Crippen LogP) is -0.148. The molecule has 1 saturated heterocycles. The molecule has 1 unspecified atom stereocenters. The van der Waals surface area contributed by atoms with Gasteiger partial charge < -0.3 is 15.7 Å². The Morgan fingerprint density at radius 3 is 2.33 bits per heavy atom. The molecule has 0 aromatic carbocycles. The number of carboxylic acid groups (broad SMARTS) is 1. The Morgan fingerprint density at radius 2 is 1.90 bits per heavy atom. The fourth-order valence-electron chi connectivity index (χ4n) is 2.76. The van der Waals surface area contributed by atoms with Crippen molar-refractivity contribution in [3.63, 3.8) is 0 Å². The van der Waals surface area contributed by atoms with Gasteiger partial charge >= 0.3 is 5.97 Å². The number of carbonyl (C=O) groups is 2. The first kappa shape index (κ1) is 17.9. The summed E-state index contributed by atoms with van der Waals surface area (Å²) in [5.74, 6) is -1.75. The number of sulfone groups is 1. The lowest BCUT2D eigenvalue weighted by atomic mass is 9.80. The molecule has 0 spiro atoms. The fraction of sp³-hybridized carbons (Fsp3) is 0.846. The maximum atomic E-state index is 12.8. The highest BCUT2D eigenvalue weighted by Gasteiger charge is 2.43. The summed E-state index contributed by atoms with van der Waals surface area (Å²) in [5.41, 5.74) is 5.02. The first-order valence-corrected chi connectivity index (χ1v) is 8.97. The minimum atomic E-state index is -3.30. The molecule has 1 heterocycles. The van der Waals surface area contributed by atoms with E-state index in [2.05, 4.69) is 0 Å². The van der Waals surface area contributed by atoms with Crippen molar-refractivity contribution in [1.29, 1.82) is 0 Å². The van der Waals surface area contributed by atoms with Crippen molar-refractivity contribution in [1.82, 2.24) is 4.90 Å². The summed E-state index contributed by atoms with van der Waals surface area (Å²) in [7, 11) is -3.30. The molecule has 0 radical (unpaired) electrons. The van der Waals surface area contributed by atoms with Gasteiger partial charge in [-0.25, -0.2) is 8.42 Å². The Hall–Kier alpha value is -1.15. The predicted molar refractivity (Wildman–Crippen MR) is 78.5 cm³/mol. The molecule has 1 aliphatic rings. The van der Waals surface area contributed by atoms with Crippen molar-refractivity contribution in [3.8, 4) is 0 Å². The summed E-state index contributed by atoms with van der Waals surface area (Å²) in [6.45, 7) is 3.94. The molecular formula is C13H24N2O5S. The lowest BCUT2D eigenvalue weighted by Crippen LogP contribution is -2.57. The maximum absolute atomic E-state index is 12.8. The molecule has 1 fully saturated rings. The molecule has 8 heteroatoms. The van der Waals surface area contributed by atoms with Crippen molar-refractivity contribution in [3.05, 3.63) is 0 Å². The van der Waals surface area contributed by atoms with Crippen LogP contribution in [0.2, 0.25) is 0 Å². The number of hydrogen-bond acceptors (Lipinski definition) is 5. The number of nitrogens with two attached hydrogens (primary N) is 1. The second-order valence-electron chi connectivity index (χ2n) is 5.56. The Morgan fingerprint density at radius 1 is 1.33 bits per heavy atom. The lowest BCUT2D eigenvalue weighted by Gasteiger charge is -2.41. The van der Waals surface area contributed by atoms with E-state index in [1.807, 2.05) is 13.8 Å². The topological polar surface area (TPSA) is 118 Å². The molecule has 0 aromatic rings.